The smallest absolute Gasteiger partial charge is 0.416 e. The van der Waals surface area contributed by atoms with Crippen LogP contribution >= 0.6 is 0 Å². The van der Waals surface area contributed by atoms with Crippen LogP contribution in [0.2, 0.25) is 0 Å². The lowest BCUT2D eigenvalue weighted by Gasteiger charge is -2.17. The van der Waals surface area contributed by atoms with Crippen LogP contribution in [0.25, 0.3) is 0 Å². The molecule has 1 aromatic rings. The van der Waals surface area contributed by atoms with Crippen molar-refractivity contribution in [3.8, 4) is 5.75 Å². The summed E-state index contributed by atoms with van der Waals surface area (Å²) in [6, 6.07) is 1.90. The average molecular weight is 320 g/mol. The van der Waals surface area contributed by atoms with E-state index >= 15 is 0 Å². The number of carbonyl (C=O) groups is 1. The Bertz CT molecular complexity index is 507. The highest BCUT2D eigenvalue weighted by atomic mass is 19.4. The minimum Gasteiger partial charge on any atom is -0.492 e. The number of anilines is 1. The Morgan fingerprint density at radius 2 is 2.09 bits per heavy atom. The Hall–Kier alpha value is -1.96. The van der Waals surface area contributed by atoms with Gasteiger partial charge in [-0.05, 0) is 38.5 Å². The van der Waals surface area contributed by atoms with Gasteiger partial charge < -0.3 is 20.5 Å². The fourth-order valence-electron chi connectivity index (χ4n) is 1.73. The van der Waals surface area contributed by atoms with Crippen molar-refractivity contribution in [2.75, 3.05) is 18.5 Å². The van der Waals surface area contributed by atoms with E-state index in [1.54, 1.807) is 13.8 Å². The summed E-state index contributed by atoms with van der Waals surface area (Å²) in [5, 5.41) is 13.6. The predicted octanol–water partition coefficient (Wildman–Crippen LogP) is 3.00. The highest BCUT2D eigenvalue weighted by Crippen LogP contribution is 2.35. The molecule has 0 aliphatic rings. The van der Waals surface area contributed by atoms with Crippen molar-refractivity contribution >= 4 is 11.7 Å². The summed E-state index contributed by atoms with van der Waals surface area (Å²) in [6.07, 6.45) is -4.17. The minimum absolute atomic E-state index is 0.0645. The molecule has 22 heavy (non-hydrogen) atoms. The molecule has 1 rings (SSSR count). The minimum atomic E-state index is -4.51. The lowest BCUT2D eigenvalue weighted by atomic mass is 10.1. The number of carbonyl (C=O) groups excluding carboxylic acids is 1. The first kappa shape index (κ1) is 18.1. The van der Waals surface area contributed by atoms with Crippen LogP contribution in [0.4, 0.5) is 23.7 Å². The van der Waals surface area contributed by atoms with Crippen molar-refractivity contribution in [1.29, 1.82) is 0 Å². The van der Waals surface area contributed by atoms with Crippen LogP contribution in [-0.2, 0) is 6.18 Å². The van der Waals surface area contributed by atoms with E-state index in [0.717, 1.165) is 12.1 Å². The van der Waals surface area contributed by atoms with E-state index < -0.39 is 17.8 Å². The van der Waals surface area contributed by atoms with Crippen LogP contribution in [0.5, 0.6) is 5.75 Å². The lowest BCUT2D eigenvalue weighted by molar-refractivity contribution is -0.137. The van der Waals surface area contributed by atoms with Gasteiger partial charge in [-0.3, -0.25) is 0 Å². The molecule has 124 valence electrons. The Morgan fingerprint density at radius 1 is 1.41 bits per heavy atom. The average Bonchev–Trinajstić information content (AvgIpc) is 2.39. The molecule has 1 atom stereocenters. The molecule has 0 aliphatic carbocycles. The van der Waals surface area contributed by atoms with Crippen molar-refractivity contribution in [3.63, 3.8) is 0 Å². The van der Waals surface area contributed by atoms with Gasteiger partial charge in [-0.15, -0.1) is 0 Å². The number of halogens is 3. The molecule has 5 nitrogen and oxygen atoms in total. The second-order valence-electron chi connectivity index (χ2n) is 4.65. The number of ether oxygens (including phenoxy) is 1. The van der Waals surface area contributed by atoms with E-state index in [0.29, 0.717) is 6.42 Å². The zero-order valence-corrected chi connectivity index (χ0v) is 12.3. The molecule has 0 unspecified atom stereocenters. The molecular weight excluding hydrogens is 301 g/mol. The van der Waals surface area contributed by atoms with Crippen LogP contribution in [0.15, 0.2) is 18.2 Å². The SMILES string of the molecule is CCOc1ccc(C(F)(F)F)cc1NC(=O)N[C@H](C)CCO. The second kappa shape index (κ2) is 7.88. The number of nitrogens with one attached hydrogen (secondary N) is 2. The van der Waals surface area contributed by atoms with Gasteiger partial charge in [-0.2, -0.15) is 13.2 Å². The van der Waals surface area contributed by atoms with E-state index in [2.05, 4.69) is 10.6 Å². The number of aliphatic hydroxyl groups is 1. The van der Waals surface area contributed by atoms with Gasteiger partial charge in [-0.25, -0.2) is 4.79 Å². The molecule has 0 fully saturated rings. The molecule has 0 spiro atoms. The molecule has 2 amide bonds. The first-order chi connectivity index (χ1) is 10.3. The van der Waals surface area contributed by atoms with Crippen molar-refractivity contribution in [1.82, 2.24) is 5.32 Å². The molecule has 0 radical (unpaired) electrons. The van der Waals surface area contributed by atoms with Crippen LogP contribution in [0, 0.1) is 0 Å². The lowest BCUT2D eigenvalue weighted by Crippen LogP contribution is -2.36. The Morgan fingerprint density at radius 3 is 2.64 bits per heavy atom. The molecule has 8 heteroatoms. The zero-order valence-electron chi connectivity index (χ0n) is 12.3. The van der Waals surface area contributed by atoms with Gasteiger partial charge in [0.15, 0.2) is 0 Å². The van der Waals surface area contributed by atoms with Gasteiger partial charge in [0.25, 0.3) is 0 Å². The molecule has 3 N–H and O–H groups in total. The molecule has 1 aromatic carbocycles. The molecule has 0 bridgehead atoms. The van der Waals surface area contributed by atoms with Crippen LogP contribution < -0.4 is 15.4 Å². The maximum atomic E-state index is 12.7. The molecule has 0 saturated carbocycles. The highest BCUT2D eigenvalue weighted by molar-refractivity contribution is 5.91. The summed E-state index contributed by atoms with van der Waals surface area (Å²) >= 11 is 0. The van der Waals surface area contributed by atoms with Crippen molar-refractivity contribution in [2.24, 2.45) is 0 Å². The number of urea groups is 1. The number of alkyl halides is 3. The van der Waals surface area contributed by atoms with Gasteiger partial charge >= 0.3 is 12.2 Å². The summed E-state index contributed by atoms with van der Waals surface area (Å²) in [5.74, 6) is 0.153. The predicted molar refractivity (Wildman–Crippen MR) is 75.9 cm³/mol. The van der Waals surface area contributed by atoms with E-state index in [4.69, 9.17) is 9.84 Å². The third kappa shape index (κ3) is 5.44. The Balaban J connectivity index is 2.92. The Kier molecular flexibility index (Phi) is 6.48. The number of rotatable bonds is 6. The first-order valence-electron chi connectivity index (χ1n) is 6.80. The molecule has 0 saturated heterocycles. The third-order valence-electron chi connectivity index (χ3n) is 2.79. The molecule has 0 aliphatic heterocycles. The normalized spacial score (nSPS) is 12.6. The summed E-state index contributed by atoms with van der Waals surface area (Å²) in [6.45, 7) is 3.51. The maximum absolute atomic E-state index is 12.7. The van der Waals surface area contributed by atoms with Gasteiger partial charge in [-0.1, -0.05) is 0 Å². The van der Waals surface area contributed by atoms with Crippen molar-refractivity contribution < 1.29 is 27.8 Å². The quantitative estimate of drug-likeness (QED) is 0.754. The maximum Gasteiger partial charge on any atom is 0.416 e. The van der Waals surface area contributed by atoms with Crippen molar-refractivity contribution in [3.05, 3.63) is 23.8 Å². The van der Waals surface area contributed by atoms with E-state index in [9.17, 15) is 18.0 Å². The van der Waals surface area contributed by atoms with Crippen LogP contribution in [0.1, 0.15) is 25.8 Å². The number of benzene rings is 1. The summed E-state index contributed by atoms with van der Waals surface area (Å²) in [7, 11) is 0. The standard InChI is InChI=1S/C14H19F3N2O3/c1-3-22-12-5-4-10(14(15,16)17)8-11(12)19-13(21)18-9(2)6-7-20/h4-5,8-9,20H,3,6-7H2,1-2H3,(H2,18,19,21)/t9-/m1/s1. The molecule has 0 heterocycles. The fraction of sp³-hybridized carbons (Fsp3) is 0.500. The fourth-order valence-corrected chi connectivity index (χ4v) is 1.73. The highest BCUT2D eigenvalue weighted by Gasteiger charge is 2.31. The van der Waals surface area contributed by atoms with Crippen LogP contribution in [0.3, 0.4) is 0 Å². The van der Waals surface area contributed by atoms with Gasteiger partial charge in [0.05, 0.1) is 17.9 Å². The van der Waals surface area contributed by atoms with E-state index in [1.165, 1.54) is 6.07 Å². The summed E-state index contributed by atoms with van der Waals surface area (Å²) < 4.78 is 43.4. The largest absolute Gasteiger partial charge is 0.492 e. The number of amides is 2. The Labute approximate surface area is 126 Å². The zero-order chi connectivity index (χ0) is 16.8. The molecular formula is C14H19F3N2O3. The van der Waals surface area contributed by atoms with Gasteiger partial charge in [0, 0.05) is 12.6 Å². The van der Waals surface area contributed by atoms with Crippen LogP contribution in [-0.4, -0.2) is 30.4 Å². The van der Waals surface area contributed by atoms with Crippen molar-refractivity contribution in [2.45, 2.75) is 32.5 Å². The van der Waals surface area contributed by atoms with E-state index in [1.807, 2.05) is 0 Å². The number of hydrogen-bond acceptors (Lipinski definition) is 3. The van der Waals surface area contributed by atoms with Gasteiger partial charge in [0.1, 0.15) is 5.75 Å². The number of aliphatic hydroxyl groups excluding tert-OH is 1. The monoisotopic (exact) mass is 320 g/mol. The third-order valence-corrected chi connectivity index (χ3v) is 2.79. The first-order valence-corrected chi connectivity index (χ1v) is 6.80. The summed E-state index contributed by atoms with van der Waals surface area (Å²) in [4.78, 5) is 11.8. The summed E-state index contributed by atoms with van der Waals surface area (Å²) in [5.41, 5.74) is -0.944. The van der Waals surface area contributed by atoms with Gasteiger partial charge in [0.2, 0.25) is 0 Å². The topological polar surface area (TPSA) is 70.6 Å². The molecule has 0 aromatic heterocycles. The van der Waals surface area contributed by atoms with E-state index in [-0.39, 0.29) is 30.7 Å². The number of hydrogen-bond donors (Lipinski definition) is 3. The second-order valence-corrected chi connectivity index (χ2v) is 4.65.